The monoisotopic (exact) mass is 315 g/mol. The van der Waals surface area contributed by atoms with E-state index >= 15 is 0 Å². The Labute approximate surface area is 131 Å². The van der Waals surface area contributed by atoms with E-state index in [1.807, 2.05) is 17.5 Å². The standard InChI is InChI=1S/C16H13NO4S/c1-19-13-6-4-11(5-7-13)16(18)20-10-12-9-14(21-17-12)15-3-2-8-22-15/h2-9H,10H2,1H3. The normalized spacial score (nSPS) is 10.4. The van der Waals surface area contributed by atoms with Crippen molar-refractivity contribution in [1.29, 1.82) is 0 Å². The molecule has 0 unspecified atom stereocenters. The number of carbonyl (C=O) groups is 1. The minimum atomic E-state index is -0.414. The molecule has 0 aliphatic carbocycles. The van der Waals surface area contributed by atoms with E-state index in [0.29, 0.717) is 22.8 Å². The fourth-order valence-corrected chi connectivity index (χ4v) is 2.54. The van der Waals surface area contributed by atoms with Crippen molar-refractivity contribution in [2.45, 2.75) is 6.61 Å². The van der Waals surface area contributed by atoms with Gasteiger partial charge in [0, 0.05) is 6.07 Å². The third-order valence-corrected chi connectivity index (χ3v) is 3.88. The van der Waals surface area contributed by atoms with Crippen LogP contribution in [0.1, 0.15) is 16.1 Å². The number of thiophene rings is 1. The van der Waals surface area contributed by atoms with E-state index in [-0.39, 0.29) is 6.61 Å². The Morgan fingerprint density at radius 1 is 1.27 bits per heavy atom. The highest BCUT2D eigenvalue weighted by Gasteiger charge is 2.11. The van der Waals surface area contributed by atoms with Crippen LogP contribution in [-0.4, -0.2) is 18.2 Å². The first-order valence-corrected chi connectivity index (χ1v) is 7.45. The lowest BCUT2D eigenvalue weighted by Crippen LogP contribution is -2.05. The Morgan fingerprint density at radius 2 is 2.09 bits per heavy atom. The summed E-state index contributed by atoms with van der Waals surface area (Å²) in [5.41, 5.74) is 1.04. The molecule has 6 heteroatoms. The number of methoxy groups -OCH3 is 1. The number of nitrogens with zero attached hydrogens (tertiary/aromatic N) is 1. The second-order valence-electron chi connectivity index (χ2n) is 4.46. The first-order valence-electron chi connectivity index (χ1n) is 6.57. The molecule has 0 N–H and O–H groups in total. The summed E-state index contributed by atoms with van der Waals surface area (Å²) in [6.07, 6.45) is 0. The van der Waals surface area contributed by atoms with E-state index in [9.17, 15) is 4.79 Å². The molecule has 0 aliphatic rings. The van der Waals surface area contributed by atoms with Crippen LogP contribution in [0.2, 0.25) is 0 Å². The number of hydrogen-bond donors (Lipinski definition) is 0. The van der Waals surface area contributed by atoms with Gasteiger partial charge in [-0.1, -0.05) is 11.2 Å². The maximum Gasteiger partial charge on any atom is 0.338 e. The summed E-state index contributed by atoms with van der Waals surface area (Å²) in [6.45, 7) is 0.0692. The van der Waals surface area contributed by atoms with Gasteiger partial charge in [0.15, 0.2) is 5.76 Å². The third-order valence-electron chi connectivity index (χ3n) is 3.00. The summed E-state index contributed by atoms with van der Waals surface area (Å²) >= 11 is 1.56. The molecule has 0 aliphatic heterocycles. The fourth-order valence-electron chi connectivity index (χ4n) is 1.86. The molecule has 2 heterocycles. The minimum Gasteiger partial charge on any atom is -0.497 e. The maximum atomic E-state index is 11.9. The van der Waals surface area contributed by atoms with Gasteiger partial charge < -0.3 is 14.0 Å². The largest absolute Gasteiger partial charge is 0.497 e. The van der Waals surface area contributed by atoms with Crippen LogP contribution in [0.4, 0.5) is 0 Å². The van der Waals surface area contributed by atoms with Crippen LogP contribution < -0.4 is 4.74 Å². The number of hydrogen-bond acceptors (Lipinski definition) is 6. The number of benzene rings is 1. The zero-order chi connectivity index (χ0) is 15.4. The van der Waals surface area contributed by atoms with Crippen molar-refractivity contribution in [3.63, 3.8) is 0 Å². The first-order chi connectivity index (χ1) is 10.8. The Hall–Kier alpha value is -2.60. The van der Waals surface area contributed by atoms with Crippen LogP contribution in [0.5, 0.6) is 5.75 Å². The van der Waals surface area contributed by atoms with Crippen molar-refractivity contribution in [3.8, 4) is 16.4 Å². The molecule has 0 saturated carbocycles. The Kier molecular flexibility index (Phi) is 4.20. The van der Waals surface area contributed by atoms with E-state index < -0.39 is 5.97 Å². The first kappa shape index (κ1) is 14.3. The van der Waals surface area contributed by atoms with Gasteiger partial charge in [0.25, 0.3) is 0 Å². The lowest BCUT2D eigenvalue weighted by Gasteiger charge is -2.03. The topological polar surface area (TPSA) is 61.6 Å². The van der Waals surface area contributed by atoms with Crippen LogP contribution in [0.25, 0.3) is 10.6 Å². The van der Waals surface area contributed by atoms with Crippen LogP contribution in [-0.2, 0) is 11.3 Å². The Balaban J connectivity index is 1.61. The average molecular weight is 315 g/mol. The van der Waals surface area contributed by atoms with Crippen LogP contribution >= 0.6 is 11.3 Å². The molecule has 0 spiro atoms. The molecule has 1 aromatic carbocycles. The Bertz CT molecular complexity index is 747. The number of ether oxygens (including phenoxy) is 2. The predicted molar refractivity (Wildman–Crippen MR) is 81.9 cm³/mol. The van der Waals surface area contributed by atoms with Gasteiger partial charge in [-0.3, -0.25) is 0 Å². The SMILES string of the molecule is COc1ccc(C(=O)OCc2cc(-c3cccs3)on2)cc1. The highest BCUT2D eigenvalue weighted by Crippen LogP contribution is 2.25. The summed E-state index contributed by atoms with van der Waals surface area (Å²) in [5.74, 6) is 0.947. The molecule has 2 aromatic heterocycles. The molecule has 0 amide bonds. The molecular formula is C16H13NO4S. The van der Waals surface area contributed by atoms with E-state index in [1.165, 1.54) is 0 Å². The van der Waals surface area contributed by atoms with Crippen molar-refractivity contribution in [2.75, 3.05) is 7.11 Å². The molecule has 0 bridgehead atoms. The van der Waals surface area contributed by atoms with E-state index in [2.05, 4.69) is 5.16 Å². The highest BCUT2D eigenvalue weighted by atomic mass is 32.1. The molecule has 22 heavy (non-hydrogen) atoms. The van der Waals surface area contributed by atoms with Crippen LogP contribution in [0, 0.1) is 0 Å². The molecule has 0 saturated heterocycles. The van der Waals surface area contributed by atoms with Gasteiger partial charge in [0.1, 0.15) is 18.1 Å². The number of aromatic nitrogens is 1. The van der Waals surface area contributed by atoms with Gasteiger partial charge in [0.2, 0.25) is 0 Å². The molecule has 112 valence electrons. The van der Waals surface area contributed by atoms with Crippen molar-refractivity contribution in [1.82, 2.24) is 5.16 Å². The van der Waals surface area contributed by atoms with Crippen LogP contribution in [0.3, 0.4) is 0 Å². The smallest absolute Gasteiger partial charge is 0.338 e. The molecule has 3 rings (SSSR count). The van der Waals surface area contributed by atoms with Crippen molar-refractivity contribution >= 4 is 17.3 Å². The lowest BCUT2D eigenvalue weighted by molar-refractivity contribution is 0.0464. The molecule has 0 atom stereocenters. The zero-order valence-corrected chi connectivity index (χ0v) is 12.6. The maximum absolute atomic E-state index is 11.9. The van der Waals surface area contributed by atoms with Crippen molar-refractivity contribution < 1.29 is 18.8 Å². The molecule has 0 radical (unpaired) electrons. The number of carbonyl (C=O) groups excluding carboxylic acids is 1. The van der Waals surface area contributed by atoms with Gasteiger partial charge in [-0.05, 0) is 35.7 Å². The summed E-state index contributed by atoms with van der Waals surface area (Å²) in [6, 6.07) is 12.4. The average Bonchev–Trinajstić information content (AvgIpc) is 3.23. The van der Waals surface area contributed by atoms with Crippen molar-refractivity contribution in [2.24, 2.45) is 0 Å². The molecule has 0 fully saturated rings. The minimum absolute atomic E-state index is 0.0692. The second kappa shape index (κ2) is 6.44. The van der Waals surface area contributed by atoms with Gasteiger partial charge in [-0.2, -0.15) is 0 Å². The van der Waals surface area contributed by atoms with E-state index in [4.69, 9.17) is 14.0 Å². The van der Waals surface area contributed by atoms with Gasteiger partial charge in [0.05, 0.1) is 17.6 Å². The predicted octanol–water partition coefficient (Wildman–Crippen LogP) is 3.77. The fraction of sp³-hybridized carbons (Fsp3) is 0.125. The summed E-state index contributed by atoms with van der Waals surface area (Å²) in [4.78, 5) is 12.9. The molecule has 5 nitrogen and oxygen atoms in total. The van der Waals surface area contributed by atoms with Gasteiger partial charge in [-0.15, -0.1) is 11.3 Å². The third kappa shape index (κ3) is 3.17. The molecule has 3 aromatic rings. The summed E-state index contributed by atoms with van der Waals surface area (Å²) in [7, 11) is 1.57. The van der Waals surface area contributed by atoms with E-state index in [0.717, 1.165) is 4.88 Å². The second-order valence-corrected chi connectivity index (χ2v) is 5.41. The van der Waals surface area contributed by atoms with Gasteiger partial charge >= 0.3 is 5.97 Å². The number of esters is 1. The summed E-state index contributed by atoms with van der Waals surface area (Å²) in [5, 5.41) is 5.86. The molecular weight excluding hydrogens is 302 g/mol. The van der Waals surface area contributed by atoms with Crippen LogP contribution in [0.15, 0.2) is 52.4 Å². The van der Waals surface area contributed by atoms with E-state index in [1.54, 1.807) is 48.8 Å². The van der Waals surface area contributed by atoms with Crippen molar-refractivity contribution in [3.05, 3.63) is 59.1 Å². The summed E-state index contributed by atoms with van der Waals surface area (Å²) < 4.78 is 15.5. The quantitative estimate of drug-likeness (QED) is 0.671. The number of rotatable bonds is 5. The van der Waals surface area contributed by atoms with Gasteiger partial charge in [-0.25, -0.2) is 4.79 Å². The highest BCUT2D eigenvalue weighted by molar-refractivity contribution is 7.13. The lowest BCUT2D eigenvalue weighted by atomic mass is 10.2. The zero-order valence-electron chi connectivity index (χ0n) is 11.8. The Morgan fingerprint density at radius 3 is 2.77 bits per heavy atom.